The number of thiophene rings is 1. The molecular weight excluding hydrogens is 545 g/mol. The third kappa shape index (κ3) is 10.1. The lowest BCUT2D eigenvalue weighted by Crippen LogP contribution is -2.43. The number of nitrogens with one attached hydrogen (secondary N) is 1. The van der Waals surface area contributed by atoms with Gasteiger partial charge in [0.2, 0.25) is 0 Å². The molecule has 1 aromatic carbocycles. The number of ether oxygens (including phenoxy) is 1. The summed E-state index contributed by atoms with van der Waals surface area (Å²) in [4.78, 5) is 50.7. The molecule has 0 bridgehead atoms. The molecule has 10 nitrogen and oxygen atoms in total. The third-order valence-electron chi connectivity index (χ3n) is 5.30. The van der Waals surface area contributed by atoms with Crippen LogP contribution < -0.4 is 10.5 Å². The van der Waals surface area contributed by atoms with Gasteiger partial charge >= 0.3 is 17.9 Å². The topological polar surface area (TPSA) is 171 Å². The number of nitrogens with zero attached hydrogens (tertiary/aromatic N) is 1. The Hall–Kier alpha value is -2.99. The fourth-order valence-corrected chi connectivity index (χ4v) is 4.67. The fourth-order valence-electron chi connectivity index (χ4n) is 3.72. The zero-order valence-electron chi connectivity index (χ0n) is 20.5. The van der Waals surface area contributed by atoms with E-state index in [0.717, 1.165) is 4.88 Å². The summed E-state index contributed by atoms with van der Waals surface area (Å²) < 4.78 is 5.36. The Morgan fingerprint density at radius 3 is 2.11 bits per heavy atom. The van der Waals surface area contributed by atoms with E-state index >= 15 is 0 Å². The predicted molar refractivity (Wildman–Crippen MR) is 144 cm³/mol. The van der Waals surface area contributed by atoms with Gasteiger partial charge in [-0.25, -0.2) is 4.79 Å². The number of Topliss-reactive ketones (excluding diaryl/α,β-unsaturated/α-hetero) is 1. The highest BCUT2D eigenvalue weighted by Crippen LogP contribution is 2.24. The van der Waals surface area contributed by atoms with Crippen LogP contribution in [0.25, 0.3) is 0 Å². The molecule has 0 aliphatic heterocycles. The van der Waals surface area contributed by atoms with Crippen LogP contribution in [-0.2, 0) is 20.9 Å². The zero-order chi connectivity index (χ0) is 26.3. The average molecular weight is 576 g/mol. The van der Waals surface area contributed by atoms with Gasteiger partial charge in [-0.05, 0) is 49.4 Å². The number of carboxylic acids is 2. The molecule has 0 aliphatic rings. The van der Waals surface area contributed by atoms with Crippen LogP contribution in [0.3, 0.4) is 0 Å². The van der Waals surface area contributed by atoms with Gasteiger partial charge in [-0.15, -0.1) is 36.2 Å². The van der Waals surface area contributed by atoms with Crippen molar-refractivity contribution in [1.29, 1.82) is 5.41 Å². The van der Waals surface area contributed by atoms with Crippen molar-refractivity contribution < 1.29 is 34.1 Å². The molecule has 5 N–H and O–H groups in total. The van der Waals surface area contributed by atoms with Crippen LogP contribution in [0.5, 0.6) is 5.75 Å². The van der Waals surface area contributed by atoms with Crippen LogP contribution in [0.4, 0.5) is 0 Å². The second-order valence-electron chi connectivity index (χ2n) is 8.50. The molecule has 0 aliphatic carbocycles. The van der Waals surface area contributed by atoms with E-state index in [9.17, 15) is 24.3 Å². The number of esters is 1. The van der Waals surface area contributed by atoms with Gasteiger partial charge < -0.3 is 20.7 Å². The van der Waals surface area contributed by atoms with Crippen molar-refractivity contribution in [2.45, 2.75) is 39.3 Å². The van der Waals surface area contributed by atoms with Gasteiger partial charge in [-0.3, -0.25) is 24.7 Å². The number of hydrogen-bond donors (Lipinski definition) is 4. The minimum atomic E-state index is -1.32. The van der Waals surface area contributed by atoms with Crippen molar-refractivity contribution in [3.8, 4) is 5.75 Å². The van der Waals surface area contributed by atoms with E-state index in [1.54, 1.807) is 48.3 Å². The number of carboxylic acid groups (broad SMARTS) is 2. The maximum atomic E-state index is 12.9. The summed E-state index contributed by atoms with van der Waals surface area (Å²) in [5.41, 5.74) is 5.93. The number of nitrogen functional groups attached to an aromatic ring is 1. The molecular formula is C24H31Cl2N3O7S. The summed E-state index contributed by atoms with van der Waals surface area (Å²) in [6, 6.07) is 9.00. The van der Waals surface area contributed by atoms with Gasteiger partial charge in [0.1, 0.15) is 16.5 Å². The number of benzene rings is 1. The van der Waals surface area contributed by atoms with Crippen LogP contribution in [0, 0.1) is 17.2 Å². The number of rotatable bonds is 13. The Balaban J connectivity index is 0.00000648. The zero-order valence-corrected chi connectivity index (χ0v) is 23.0. The monoisotopic (exact) mass is 575 g/mol. The second kappa shape index (κ2) is 15.3. The maximum absolute atomic E-state index is 12.9. The number of ketones is 1. The van der Waals surface area contributed by atoms with Crippen LogP contribution in [0.1, 0.15) is 46.8 Å². The van der Waals surface area contributed by atoms with Gasteiger partial charge in [0, 0.05) is 23.4 Å². The Bertz CT molecular complexity index is 1110. The molecule has 0 amide bonds. The first-order valence-electron chi connectivity index (χ1n) is 10.8. The molecule has 0 unspecified atom stereocenters. The molecule has 2 atom stereocenters. The molecule has 0 radical (unpaired) electrons. The Morgan fingerprint density at radius 2 is 1.62 bits per heavy atom. The van der Waals surface area contributed by atoms with E-state index in [2.05, 4.69) is 0 Å². The number of amidine groups is 1. The molecule has 0 spiro atoms. The summed E-state index contributed by atoms with van der Waals surface area (Å²) in [6.07, 6.45) is -0.997. The molecule has 2 rings (SSSR count). The highest BCUT2D eigenvalue weighted by molar-refractivity contribution is 7.13. The van der Waals surface area contributed by atoms with Crippen LogP contribution >= 0.6 is 36.2 Å². The molecule has 1 heterocycles. The fraction of sp³-hybridized carbons (Fsp3) is 0.375. The van der Waals surface area contributed by atoms with E-state index in [1.165, 1.54) is 11.3 Å². The lowest BCUT2D eigenvalue weighted by molar-refractivity contribution is -0.150. The number of aliphatic carboxylic acids is 2. The van der Waals surface area contributed by atoms with E-state index in [4.69, 9.17) is 21.0 Å². The molecule has 0 saturated carbocycles. The molecule has 37 heavy (non-hydrogen) atoms. The molecule has 2 aromatic rings. The standard InChI is InChI=1S/C24H29N3O7S.2ClH/c1-13(2)21(18(28)10-15(23(31)32)11-20(29)30)27(3)12-17-8-9-19(35-17)24(33)34-16-6-4-14(5-7-16)22(25)26;;/h4-9,13,15,21H,10-12H2,1-3H3,(H3,25,26)(H,29,30)(H,31,32);2*1H/t15-,21+;;/m1../s1. The van der Waals surface area contributed by atoms with Crippen LogP contribution in [0.15, 0.2) is 36.4 Å². The van der Waals surface area contributed by atoms with Crippen LogP contribution in [-0.4, -0.2) is 57.7 Å². The molecule has 13 heteroatoms. The summed E-state index contributed by atoms with van der Waals surface area (Å²) in [5.74, 6) is -4.69. The number of nitrogens with two attached hydrogens (primary N) is 1. The van der Waals surface area contributed by atoms with Gasteiger partial charge in [0.25, 0.3) is 0 Å². The summed E-state index contributed by atoms with van der Waals surface area (Å²) in [7, 11) is 1.73. The average Bonchev–Trinajstić information content (AvgIpc) is 3.21. The normalized spacial score (nSPS) is 12.1. The Morgan fingerprint density at radius 1 is 1.03 bits per heavy atom. The maximum Gasteiger partial charge on any atom is 0.353 e. The summed E-state index contributed by atoms with van der Waals surface area (Å²) in [6.45, 7) is 4.00. The van der Waals surface area contributed by atoms with Crippen molar-refractivity contribution in [3.05, 3.63) is 51.7 Å². The van der Waals surface area contributed by atoms with Crippen molar-refractivity contribution in [2.24, 2.45) is 17.6 Å². The number of halogens is 2. The van der Waals surface area contributed by atoms with Crippen molar-refractivity contribution in [3.63, 3.8) is 0 Å². The van der Waals surface area contributed by atoms with E-state index < -0.39 is 36.3 Å². The van der Waals surface area contributed by atoms with Crippen molar-refractivity contribution in [2.75, 3.05) is 7.05 Å². The van der Waals surface area contributed by atoms with Crippen LogP contribution in [0.2, 0.25) is 0 Å². The Labute approximate surface area is 231 Å². The minimum Gasteiger partial charge on any atom is -0.481 e. The largest absolute Gasteiger partial charge is 0.481 e. The smallest absolute Gasteiger partial charge is 0.353 e. The first-order valence-corrected chi connectivity index (χ1v) is 11.6. The molecule has 1 aromatic heterocycles. The minimum absolute atomic E-state index is 0. The predicted octanol–water partition coefficient (Wildman–Crippen LogP) is 3.69. The first kappa shape index (κ1) is 34.0. The number of likely N-dealkylation sites (N-methyl/N-ethyl adjacent to an activating group) is 1. The van der Waals surface area contributed by atoms with Gasteiger partial charge in [-0.1, -0.05) is 13.8 Å². The Kier molecular flexibility index (Phi) is 14.1. The highest BCUT2D eigenvalue weighted by Gasteiger charge is 2.32. The quantitative estimate of drug-likeness (QED) is 0.120. The van der Waals surface area contributed by atoms with E-state index in [1.807, 2.05) is 13.8 Å². The molecule has 0 fully saturated rings. The highest BCUT2D eigenvalue weighted by atomic mass is 35.5. The van der Waals surface area contributed by atoms with Crippen molar-refractivity contribution >= 4 is 65.7 Å². The van der Waals surface area contributed by atoms with Gasteiger partial charge in [0.05, 0.1) is 18.4 Å². The molecule has 204 valence electrons. The van der Waals surface area contributed by atoms with E-state index in [-0.39, 0.29) is 48.8 Å². The summed E-state index contributed by atoms with van der Waals surface area (Å²) in [5, 5.41) is 25.6. The second-order valence-corrected chi connectivity index (χ2v) is 9.67. The number of carbonyl (C=O) groups excluding carboxylic acids is 2. The first-order chi connectivity index (χ1) is 16.4. The third-order valence-corrected chi connectivity index (χ3v) is 6.35. The van der Waals surface area contributed by atoms with Gasteiger partial charge in [-0.2, -0.15) is 0 Å². The molecule has 0 saturated heterocycles. The number of carbonyl (C=O) groups is 4. The summed E-state index contributed by atoms with van der Waals surface area (Å²) >= 11 is 1.21. The lowest BCUT2D eigenvalue weighted by atomic mass is 9.90. The van der Waals surface area contributed by atoms with Crippen molar-refractivity contribution in [1.82, 2.24) is 4.90 Å². The SMILES string of the molecule is CC(C)[C@@H](C(=O)C[C@H](CC(=O)O)C(=O)O)N(C)Cc1ccc(C(=O)Oc2ccc(C(=N)N)cc2)s1.Cl.Cl. The van der Waals surface area contributed by atoms with Gasteiger partial charge in [0.15, 0.2) is 5.78 Å². The number of hydrogen-bond acceptors (Lipinski definition) is 8. The van der Waals surface area contributed by atoms with E-state index in [0.29, 0.717) is 22.7 Å². The lowest BCUT2D eigenvalue weighted by Gasteiger charge is -2.30.